The summed E-state index contributed by atoms with van der Waals surface area (Å²) in [5, 5.41) is 10.7. The Hall–Kier alpha value is -3.55. The van der Waals surface area contributed by atoms with Crippen molar-refractivity contribution in [2.75, 3.05) is 24.9 Å². The summed E-state index contributed by atoms with van der Waals surface area (Å²) in [7, 11) is 3.21. The van der Waals surface area contributed by atoms with Crippen molar-refractivity contribution < 1.29 is 14.3 Å². The Morgan fingerprint density at radius 1 is 1.10 bits per heavy atom. The molecule has 0 radical (unpaired) electrons. The molecule has 0 spiro atoms. The molecule has 0 bridgehead atoms. The maximum atomic E-state index is 13.4. The highest BCUT2D eigenvalue weighted by Crippen LogP contribution is 2.37. The molecule has 0 saturated carbocycles. The van der Waals surface area contributed by atoms with Crippen molar-refractivity contribution in [3.63, 3.8) is 0 Å². The third-order valence-corrected chi connectivity index (χ3v) is 5.20. The summed E-state index contributed by atoms with van der Waals surface area (Å²) >= 11 is 0. The number of anilines is 2. The van der Waals surface area contributed by atoms with Gasteiger partial charge in [-0.05, 0) is 36.8 Å². The van der Waals surface area contributed by atoms with Gasteiger partial charge in [-0.2, -0.15) is 10.1 Å². The summed E-state index contributed by atoms with van der Waals surface area (Å²) in [6, 6.07) is 14.6. The maximum absolute atomic E-state index is 13.4. The largest absolute Gasteiger partial charge is 0.497 e. The minimum absolute atomic E-state index is 0.128. The second-order valence-corrected chi connectivity index (χ2v) is 6.89. The van der Waals surface area contributed by atoms with Crippen LogP contribution in [0.25, 0.3) is 0 Å². The van der Waals surface area contributed by atoms with Crippen LogP contribution in [0, 0.1) is 5.92 Å². The molecule has 1 amide bonds. The lowest BCUT2D eigenvalue weighted by molar-refractivity contribution is -0.121. The molecular weight excluding hydrogens is 370 g/mol. The Kier molecular flexibility index (Phi) is 5.07. The Labute approximate surface area is 168 Å². The number of aromatic nitrogens is 3. The lowest BCUT2D eigenvalue weighted by Crippen LogP contribution is -2.46. The van der Waals surface area contributed by atoms with Crippen LogP contribution in [-0.2, 0) is 4.79 Å². The first-order valence-electron chi connectivity index (χ1n) is 9.36. The fourth-order valence-corrected chi connectivity index (χ4v) is 3.76. The van der Waals surface area contributed by atoms with Crippen LogP contribution in [0.2, 0.25) is 0 Å². The van der Waals surface area contributed by atoms with E-state index in [0.717, 1.165) is 11.3 Å². The first-order valence-corrected chi connectivity index (χ1v) is 9.36. The molecule has 2 N–H and O–H groups in total. The Bertz CT molecular complexity index is 1000. The van der Waals surface area contributed by atoms with Crippen molar-refractivity contribution in [2.45, 2.75) is 19.0 Å². The van der Waals surface area contributed by atoms with Crippen LogP contribution in [0.15, 0.2) is 54.9 Å². The van der Waals surface area contributed by atoms with Crippen LogP contribution >= 0.6 is 0 Å². The second kappa shape index (κ2) is 7.83. The van der Waals surface area contributed by atoms with Gasteiger partial charge in [0.25, 0.3) is 0 Å². The number of hydrogen-bond acceptors (Lipinski definition) is 6. The van der Waals surface area contributed by atoms with Crippen LogP contribution in [-0.4, -0.2) is 40.9 Å². The number of nitrogens with zero attached hydrogens (tertiary/aromatic N) is 3. The highest BCUT2D eigenvalue weighted by Gasteiger charge is 2.41. The lowest BCUT2D eigenvalue weighted by atomic mass is 9.85. The number of fused-ring (bicyclic) bond motifs is 1. The molecule has 2 aromatic carbocycles. The van der Waals surface area contributed by atoms with Gasteiger partial charge in [-0.3, -0.25) is 4.79 Å². The van der Waals surface area contributed by atoms with E-state index >= 15 is 0 Å². The molecule has 0 unspecified atom stereocenters. The fourth-order valence-electron chi connectivity index (χ4n) is 3.76. The topological polar surface area (TPSA) is 90.3 Å². The predicted octanol–water partition coefficient (Wildman–Crippen LogP) is 2.95. The number of methoxy groups -OCH3 is 2. The number of carbonyl (C=O) groups is 1. The molecule has 3 aromatic rings. The third kappa shape index (κ3) is 3.49. The summed E-state index contributed by atoms with van der Waals surface area (Å²) in [6.07, 6.45) is 1.49. The highest BCUT2D eigenvalue weighted by atomic mass is 16.5. The van der Waals surface area contributed by atoms with Crippen molar-refractivity contribution >= 4 is 17.5 Å². The average Bonchev–Trinajstić information content (AvgIpc) is 3.21. The summed E-state index contributed by atoms with van der Waals surface area (Å²) in [6.45, 7) is 1.97. The number of benzene rings is 2. The lowest BCUT2D eigenvalue weighted by Gasteiger charge is -2.37. The number of hydrogen-bond donors (Lipinski definition) is 2. The average molecular weight is 393 g/mol. The van der Waals surface area contributed by atoms with Gasteiger partial charge in [0, 0.05) is 6.04 Å². The van der Waals surface area contributed by atoms with Gasteiger partial charge >= 0.3 is 0 Å². The summed E-state index contributed by atoms with van der Waals surface area (Å²) < 4.78 is 12.4. The molecule has 4 rings (SSSR count). The predicted molar refractivity (Wildman–Crippen MR) is 109 cm³/mol. The molecule has 0 aliphatic carbocycles. The van der Waals surface area contributed by atoms with Crippen molar-refractivity contribution in [1.29, 1.82) is 0 Å². The van der Waals surface area contributed by atoms with E-state index in [4.69, 9.17) is 9.47 Å². The molecule has 0 saturated heterocycles. The van der Waals surface area contributed by atoms with Crippen molar-refractivity contribution in [3.8, 4) is 11.5 Å². The monoisotopic (exact) mass is 393 g/mol. The van der Waals surface area contributed by atoms with Crippen molar-refractivity contribution in [2.24, 2.45) is 5.92 Å². The molecule has 150 valence electrons. The number of nitrogens with one attached hydrogen (secondary N) is 2. The molecule has 1 aromatic heterocycles. The van der Waals surface area contributed by atoms with E-state index in [-0.39, 0.29) is 18.0 Å². The van der Waals surface area contributed by atoms with E-state index in [1.165, 1.54) is 6.33 Å². The van der Waals surface area contributed by atoms with Gasteiger partial charge in [0.05, 0.1) is 31.9 Å². The molecule has 1 aliphatic rings. The molecule has 3 atom stereocenters. The maximum Gasteiger partial charge on any atom is 0.232 e. The zero-order valence-corrected chi connectivity index (χ0v) is 16.5. The SMILES string of the molecule is COc1ccc([C@H]2[C@H](C(=O)Nc3ccccc3OC)[C@@H](C)Nc3ncnn32)cc1. The van der Waals surface area contributed by atoms with E-state index in [1.54, 1.807) is 18.9 Å². The van der Waals surface area contributed by atoms with Crippen LogP contribution in [0.1, 0.15) is 18.5 Å². The van der Waals surface area contributed by atoms with E-state index < -0.39 is 5.92 Å². The first-order chi connectivity index (χ1) is 14.1. The van der Waals surface area contributed by atoms with Gasteiger partial charge < -0.3 is 20.1 Å². The number of para-hydroxylation sites is 2. The van der Waals surface area contributed by atoms with Gasteiger partial charge in [0.15, 0.2) is 0 Å². The molecular formula is C21H23N5O3. The van der Waals surface area contributed by atoms with Gasteiger partial charge in [-0.15, -0.1) is 0 Å². The molecule has 8 nitrogen and oxygen atoms in total. The Morgan fingerprint density at radius 3 is 2.59 bits per heavy atom. The zero-order chi connectivity index (χ0) is 20.4. The van der Waals surface area contributed by atoms with E-state index in [0.29, 0.717) is 17.4 Å². The molecule has 1 aliphatic heterocycles. The fraction of sp³-hybridized carbons (Fsp3) is 0.286. The molecule has 0 fully saturated rings. The van der Waals surface area contributed by atoms with Gasteiger partial charge in [-0.1, -0.05) is 24.3 Å². The standard InChI is InChI=1S/C21H23N5O3/c1-13-18(20(27)25-16-6-4-5-7-17(16)29-3)19(26-21(24-13)22-12-23-26)14-8-10-15(28-2)11-9-14/h4-13,18-19H,1-3H3,(H,25,27)(H,22,23,24)/t13-,18-,19+/m1/s1. The number of ether oxygens (including phenoxy) is 2. The molecule has 29 heavy (non-hydrogen) atoms. The minimum atomic E-state index is -0.428. The number of rotatable bonds is 5. The quantitative estimate of drug-likeness (QED) is 0.693. The smallest absolute Gasteiger partial charge is 0.232 e. The zero-order valence-electron chi connectivity index (χ0n) is 16.5. The van der Waals surface area contributed by atoms with E-state index in [1.807, 2.05) is 55.5 Å². The summed E-state index contributed by atoms with van der Waals surface area (Å²) in [5.41, 5.74) is 1.58. The number of carbonyl (C=O) groups excluding carboxylic acids is 1. The normalized spacial score (nSPS) is 20.3. The Morgan fingerprint density at radius 2 is 1.86 bits per heavy atom. The first kappa shape index (κ1) is 18.8. The summed E-state index contributed by atoms with van der Waals surface area (Å²) in [5.74, 6) is 1.45. The van der Waals surface area contributed by atoms with Crippen LogP contribution < -0.4 is 20.1 Å². The highest BCUT2D eigenvalue weighted by molar-refractivity contribution is 5.95. The van der Waals surface area contributed by atoms with Gasteiger partial charge in [0.2, 0.25) is 11.9 Å². The molecule has 2 heterocycles. The van der Waals surface area contributed by atoms with E-state index in [9.17, 15) is 4.79 Å². The van der Waals surface area contributed by atoms with Crippen LogP contribution in [0.4, 0.5) is 11.6 Å². The minimum Gasteiger partial charge on any atom is -0.497 e. The van der Waals surface area contributed by atoms with Crippen molar-refractivity contribution in [3.05, 3.63) is 60.4 Å². The molecule has 8 heteroatoms. The number of amides is 1. The van der Waals surface area contributed by atoms with Crippen molar-refractivity contribution in [1.82, 2.24) is 14.8 Å². The van der Waals surface area contributed by atoms with Crippen LogP contribution in [0.3, 0.4) is 0 Å². The third-order valence-electron chi connectivity index (χ3n) is 5.20. The second-order valence-electron chi connectivity index (χ2n) is 6.89. The van der Waals surface area contributed by atoms with Crippen LogP contribution in [0.5, 0.6) is 11.5 Å². The van der Waals surface area contributed by atoms with Gasteiger partial charge in [0.1, 0.15) is 17.8 Å². The summed E-state index contributed by atoms with van der Waals surface area (Å²) in [4.78, 5) is 17.7. The van der Waals surface area contributed by atoms with Gasteiger partial charge in [-0.25, -0.2) is 4.68 Å². The van der Waals surface area contributed by atoms with E-state index in [2.05, 4.69) is 20.7 Å². The Balaban J connectivity index is 1.71.